The van der Waals surface area contributed by atoms with Crippen LogP contribution in [0, 0.1) is 0 Å². The van der Waals surface area contributed by atoms with E-state index in [9.17, 15) is 21.4 Å². The van der Waals surface area contributed by atoms with Crippen molar-refractivity contribution in [3.05, 3.63) is 64.7 Å². The zero-order valence-electron chi connectivity index (χ0n) is 22.8. The SMILES string of the molecule is O=S(=O)(OC(c1ccccc1)S(=O)(=O)O)c1c(C2CCCCC2)cc(C2CCCCC2)cc1C1CCCCC1. The Kier molecular flexibility index (Phi) is 9.16. The molecule has 1 N–H and O–H groups in total. The first-order valence-corrected chi connectivity index (χ1v) is 17.8. The van der Waals surface area contributed by atoms with Crippen LogP contribution in [0.4, 0.5) is 0 Å². The van der Waals surface area contributed by atoms with Crippen molar-refractivity contribution in [3.63, 3.8) is 0 Å². The van der Waals surface area contributed by atoms with Gasteiger partial charge in [-0.2, -0.15) is 16.8 Å². The standard InChI is InChI=1S/C31H42O6S2/c32-38(33,34)31(26-19-11-4-12-20-26)37-39(35,36)30-28(24-15-7-2-8-16-24)21-27(23-13-5-1-6-14-23)22-29(30)25-17-9-3-10-18-25/h4,11-12,19-25,31H,1-3,5-10,13-18H2,(H,32,33,34). The summed E-state index contributed by atoms with van der Waals surface area (Å²) in [7, 11) is -9.40. The second kappa shape index (κ2) is 12.4. The molecule has 3 aliphatic rings. The molecule has 0 radical (unpaired) electrons. The Labute approximate surface area is 234 Å². The summed E-state index contributed by atoms with van der Waals surface area (Å²) in [6.45, 7) is 0. The van der Waals surface area contributed by atoms with E-state index in [1.165, 1.54) is 37.0 Å². The number of rotatable bonds is 8. The fraction of sp³-hybridized carbons (Fsp3) is 0.613. The van der Waals surface area contributed by atoms with E-state index in [4.69, 9.17) is 4.18 Å². The van der Waals surface area contributed by atoms with E-state index in [1.807, 2.05) is 0 Å². The van der Waals surface area contributed by atoms with E-state index in [2.05, 4.69) is 12.1 Å². The molecule has 3 aliphatic carbocycles. The molecule has 5 rings (SSSR count). The third-order valence-electron chi connectivity index (χ3n) is 9.14. The molecule has 39 heavy (non-hydrogen) atoms. The Hall–Kier alpha value is -1.74. The van der Waals surface area contributed by atoms with Crippen LogP contribution in [0.3, 0.4) is 0 Å². The van der Waals surface area contributed by atoms with Crippen molar-refractivity contribution in [2.45, 2.75) is 124 Å². The highest BCUT2D eigenvalue weighted by Crippen LogP contribution is 2.46. The van der Waals surface area contributed by atoms with Gasteiger partial charge in [-0.3, -0.25) is 4.55 Å². The maximum absolute atomic E-state index is 14.3. The molecule has 3 fully saturated rings. The molecule has 0 bridgehead atoms. The van der Waals surface area contributed by atoms with Crippen molar-refractivity contribution in [3.8, 4) is 0 Å². The lowest BCUT2D eigenvalue weighted by Gasteiger charge is -2.32. The molecule has 2 aromatic rings. The van der Waals surface area contributed by atoms with Gasteiger partial charge in [0.2, 0.25) is 5.44 Å². The lowest BCUT2D eigenvalue weighted by Crippen LogP contribution is -2.24. The average molecular weight is 575 g/mol. The molecule has 1 atom stereocenters. The maximum atomic E-state index is 14.3. The topological polar surface area (TPSA) is 97.7 Å². The summed E-state index contributed by atoms with van der Waals surface area (Å²) in [4.78, 5) is 0.172. The second-order valence-corrected chi connectivity index (χ2v) is 14.8. The first-order chi connectivity index (χ1) is 18.7. The monoisotopic (exact) mass is 574 g/mol. The average Bonchev–Trinajstić information content (AvgIpc) is 2.96. The lowest BCUT2D eigenvalue weighted by atomic mass is 9.76. The molecule has 3 saturated carbocycles. The predicted molar refractivity (Wildman–Crippen MR) is 153 cm³/mol. The van der Waals surface area contributed by atoms with Gasteiger partial charge in [0.25, 0.3) is 20.2 Å². The first-order valence-electron chi connectivity index (χ1n) is 14.9. The van der Waals surface area contributed by atoms with Gasteiger partial charge in [-0.05, 0) is 78.5 Å². The Morgan fingerprint density at radius 1 is 0.641 bits per heavy atom. The number of benzene rings is 2. The Balaban J connectivity index is 1.67. The van der Waals surface area contributed by atoms with Crippen LogP contribution in [-0.2, 0) is 24.4 Å². The van der Waals surface area contributed by atoms with Gasteiger partial charge in [-0.1, -0.05) is 100 Å². The quantitative estimate of drug-likeness (QED) is 0.253. The fourth-order valence-corrected chi connectivity index (χ4v) is 9.82. The predicted octanol–water partition coefficient (Wildman–Crippen LogP) is 8.12. The van der Waals surface area contributed by atoms with Gasteiger partial charge in [0, 0.05) is 0 Å². The molecule has 0 spiro atoms. The Morgan fingerprint density at radius 3 is 1.51 bits per heavy atom. The zero-order chi connectivity index (χ0) is 27.5. The molecule has 0 aliphatic heterocycles. The summed E-state index contributed by atoms with van der Waals surface area (Å²) in [5.74, 6) is 0.619. The molecule has 214 valence electrons. The van der Waals surface area contributed by atoms with Crippen LogP contribution in [0.1, 0.15) is 142 Å². The largest absolute Gasteiger partial charge is 0.299 e. The minimum absolute atomic E-state index is 0.0841. The molecule has 2 aromatic carbocycles. The highest BCUT2D eigenvalue weighted by atomic mass is 32.2. The van der Waals surface area contributed by atoms with Crippen LogP contribution in [0.2, 0.25) is 0 Å². The van der Waals surface area contributed by atoms with Crippen LogP contribution in [0.5, 0.6) is 0 Å². The summed E-state index contributed by atoms with van der Waals surface area (Å²) in [5, 5.41) is 0. The summed E-state index contributed by atoms with van der Waals surface area (Å²) in [5.41, 5.74) is 0.922. The molecule has 0 aromatic heterocycles. The van der Waals surface area contributed by atoms with Gasteiger partial charge in [-0.25, -0.2) is 4.18 Å². The molecular weight excluding hydrogens is 532 g/mol. The van der Waals surface area contributed by atoms with E-state index in [-0.39, 0.29) is 22.3 Å². The lowest BCUT2D eigenvalue weighted by molar-refractivity contribution is 0.265. The van der Waals surface area contributed by atoms with E-state index < -0.39 is 25.7 Å². The molecular formula is C31H42O6S2. The van der Waals surface area contributed by atoms with Gasteiger partial charge in [0.05, 0.1) is 0 Å². The van der Waals surface area contributed by atoms with Crippen molar-refractivity contribution in [2.75, 3.05) is 0 Å². The van der Waals surface area contributed by atoms with Crippen LogP contribution >= 0.6 is 0 Å². The minimum Gasteiger partial charge on any atom is -0.283 e. The summed E-state index contributed by atoms with van der Waals surface area (Å²) >= 11 is 0. The molecule has 0 saturated heterocycles. The fourth-order valence-electron chi connectivity index (χ4n) is 7.14. The summed E-state index contributed by atoms with van der Waals surface area (Å²) in [6, 6.07) is 12.1. The molecule has 0 heterocycles. The maximum Gasteiger partial charge on any atom is 0.299 e. The molecule has 8 heteroatoms. The second-order valence-electron chi connectivity index (χ2n) is 11.8. The van der Waals surface area contributed by atoms with Gasteiger partial charge in [-0.15, -0.1) is 0 Å². The summed E-state index contributed by atoms with van der Waals surface area (Å²) in [6.07, 6.45) is 16.0. The van der Waals surface area contributed by atoms with Crippen LogP contribution < -0.4 is 0 Å². The molecule has 0 amide bonds. The van der Waals surface area contributed by atoms with Crippen molar-refractivity contribution >= 4 is 20.2 Å². The minimum atomic E-state index is -4.86. The van der Waals surface area contributed by atoms with E-state index in [1.54, 1.807) is 18.2 Å². The van der Waals surface area contributed by atoms with E-state index in [0.717, 1.165) is 88.2 Å². The highest BCUT2D eigenvalue weighted by Gasteiger charge is 2.38. The van der Waals surface area contributed by atoms with Crippen molar-refractivity contribution < 1.29 is 25.6 Å². The van der Waals surface area contributed by atoms with Crippen molar-refractivity contribution in [1.82, 2.24) is 0 Å². The number of hydrogen-bond acceptors (Lipinski definition) is 5. The molecule has 1 unspecified atom stereocenters. The third kappa shape index (κ3) is 6.77. The smallest absolute Gasteiger partial charge is 0.283 e. The Morgan fingerprint density at radius 2 is 1.08 bits per heavy atom. The number of hydrogen-bond donors (Lipinski definition) is 1. The van der Waals surface area contributed by atoms with Crippen LogP contribution in [-0.4, -0.2) is 21.4 Å². The van der Waals surface area contributed by atoms with Gasteiger partial charge in [0.1, 0.15) is 4.90 Å². The Bertz CT molecular complexity index is 1280. The van der Waals surface area contributed by atoms with Gasteiger partial charge in [0.15, 0.2) is 0 Å². The molecule has 6 nitrogen and oxygen atoms in total. The van der Waals surface area contributed by atoms with Crippen molar-refractivity contribution in [2.24, 2.45) is 0 Å². The zero-order valence-corrected chi connectivity index (χ0v) is 24.4. The van der Waals surface area contributed by atoms with Gasteiger partial charge < -0.3 is 0 Å². The highest BCUT2D eigenvalue weighted by molar-refractivity contribution is 7.89. The first kappa shape index (κ1) is 28.8. The van der Waals surface area contributed by atoms with Crippen molar-refractivity contribution in [1.29, 1.82) is 0 Å². The van der Waals surface area contributed by atoms with E-state index in [0.29, 0.717) is 5.92 Å². The van der Waals surface area contributed by atoms with Crippen LogP contribution in [0.25, 0.3) is 0 Å². The third-order valence-corrected chi connectivity index (χ3v) is 11.6. The van der Waals surface area contributed by atoms with E-state index >= 15 is 0 Å². The van der Waals surface area contributed by atoms with Gasteiger partial charge >= 0.3 is 0 Å². The summed E-state index contributed by atoms with van der Waals surface area (Å²) < 4.78 is 69.1. The normalized spacial score (nSPS) is 21.6. The van der Waals surface area contributed by atoms with Crippen LogP contribution in [0.15, 0.2) is 47.4 Å².